The van der Waals surface area contributed by atoms with Crippen molar-refractivity contribution in [1.29, 1.82) is 0 Å². The quantitative estimate of drug-likeness (QED) is 0.442. The van der Waals surface area contributed by atoms with Gasteiger partial charge in [-0.3, -0.25) is 4.79 Å². The summed E-state index contributed by atoms with van der Waals surface area (Å²) in [6.07, 6.45) is 0. The number of carbonyl (C=O) groups is 2. The molecule has 1 rings (SSSR count). The van der Waals surface area contributed by atoms with Crippen LogP contribution >= 0.6 is 0 Å². The molecule has 98 valence electrons. The second-order valence-electron chi connectivity index (χ2n) is 4.28. The van der Waals surface area contributed by atoms with Gasteiger partial charge < -0.3 is 9.47 Å². The van der Waals surface area contributed by atoms with Gasteiger partial charge in [-0.1, -0.05) is 26.0 Å². The van der Waals surface area contributed by atoms with E-state index in [1.807, 2.05) is 13.8 Å². The Kier molecular flexibility index (Phi) is 5.36. The third-order valence-electron chi connectivity index (χ3n) is 2.14. The molecule has 0 unspecified atom stereocenters. The molecule has 0 aliphatic rings. The molecule has 0 N–H and O–H groups in total. The highest BCUT2D eigenvalue weighted by atomic mass is 16.5. The Hall–Kier alpha value is -1.84. The normalized spacial score (nSPS) is 10.2. The van der Waals surface area contributed by atoms with Crippen molar-refractivity contribution in [3.8, 4) is 5.75 Å². The van der Waals surface area contributed by atoms with Crippen molar-refractivity contribution in [3.05, 3.63) is 29.8 Å². The van der Waals surface area contributed by atoms with Gasteiger partial charge in [-0.2, -0.15) is 0 Å². The molecule has 0 fully saturated rings. The maximum Gasteiger partial charge on any atom is 0.379 e. The summed E-state index contributed by atoms with van der Waals surface area (Å²) in [5.41, 5.74) is 0.287. The molecule has 0 bridgehead atoms. The van der Waals surface area contributed by atoms with E-state index in [1.54, 1.807) is 31.2 Å². The first-order valence-electron chi connectivity index (χ1n) is 5.99. The molecule has 0 heterocycles. The summed E-state index contributed by atoms with van der Waals surface area (Å²) >= 11 is 0. The molecular weight excluding hydrogens is 232 g/mol. The molecule has 0 aromatic heterocycles. The smallest absolute Gasteiger partial charge is 0.379 e. The average Bonchev–Trinajstić information content (AvgIpc) is 2.36. The number of esters is 1. The van der Waals surface area contributed by atoms with Gasteiger partial charge in [0, 0.05) is 5.56 Å². The number of hydrogen-bond acceptors (Lipinski definition) is 4. The van der Waals surface area contributed by atoms with Gasteiger partial charge in [-0.15, -0.1) is 0 Å². The summed E-state index contributed by atoms with van der Waals surface area (Å²) in [6.45, 7) is 6.49. The van der Waals surface area contributed by atoms with E-state index in [0.717, 1.165) is 0 Å². The van der Waals surface area contributed by atoms with Crippen LogP contribution in [-0.4, -0.2) is 25.0 Å². The zero-order chi connectivity index (χ0) is 13.5. The molecule has 18 heavy (non-hydrogen) atoms. The Morgan fingerprint density at radius 3 is 2.61 bits per heavy atom. The van der Waals surface area contributed by atoms with Crippen LogP contribution in [0, 0.1) is 5.92 Å². The van der Waals surface area contributed by atoms with E-state index in [-0.39, 0.29) is 12.2 Å². The van der Waals surface area contributed by atoms with Gasteiger partial charge in [0.15, 0.2) is 0 Å². The van der Waals surface area contributed by atoms with Gasteiger partial charge in [-0.25, -0.2) is 4.79 Å². The van der Waals surface area contributed by atoms with Crippen molar-refractivity contribution in [2.24, 2.45) is 5.92 Å². The second kappa shape index (κ2) is 6.79. The predicted octanol–water partition coefficient (Wildman–Crippen LogP) is 2.47. The van der Waals surface area contributed by atoms with Gasteiger partial charge in [0.1, 0.15) is 5.75 Å². The monoisotopic (exact) mass is 250 g/mol. The minimum atomic E-state index is -0.835. The van der Waals surface area contributed by atoms with Gasteiger partial charge in [0.2, 0.25) is 0 Å². The lowest BCUT2D eigenvalue weighted by Gasteiger charge is -2.09. The number of carbonyl (C=O) groups excluding carboxylic acids is 2. The molecule has 4 nitrogen and oxygen atoms in total. The number of Topliss-reactive ketones (excluding diaryl/α,β-unsaturated/α-hetero) is 1. The maximum atomic E-state index is 11.7. The molecular formula is C14H18O4. The number of ether oxygens (including phenoxy) is 2. The number of hydrogen-bond donors (Lipinski definition) is 0. The standard InChI is InChI=1S/C14H18O4/c1-4-17-14(16)13(15)11-6-5-7-12(8-11)18-9-10(2)3/h5-8,10H,4,9H2,1-3H3. The van der Waals surface area contributed by atoms with Gasteiger partial charge >= 0.3 is 5.97 Å². The molecule has 4 heteroatoms. The molecule has 1 aromatic carbocycles. The summed E-state index contributed by atoms with van der Waals surface area (Å²) in [5, 5.41) is 0. The molecule has 0 atom stereocenters. The third-order valence-corrected chi connectivity index (χ3v) is 2.14. The van der Waals surface area contributed by atoms with Crippen LogP contribution in [0.5, 0.6) is 5.75 Å². The minimum Gasteiger partial charge on any atom is -0.493 e. The Bertz CT molecular complexity index is 424. The highest BCUT2D eigenvalue weighted by Gasteiger charge is 2.17. The second-order valence-corrected chi connectivity index (χ2v) is 4.28. The Labute approximate surface area is 107 Å². The number of ketones is 1. The molecule has 0 aliphatic carbocycles. The zero-order valence-electron chi connectivity index (χ0n) is 10.9. The van der Waals surface area contributed by atoms with E-state index < -0.39 is 11.8 Å². The highest BCUT2D eigenvalue weighted by Crippen LogP contribution is 2.15. The van der Waals surface area contributed by atoms with E-state index in [1.165, 1.54) is 0 Å². The zero-order valence-corrected chi connectivity index (χ0v) is 10.9. The predicted molar refractivity (Wildman–Crippen MR) is 67.7 cm³/mol. The first-order valence-corrected chi connectivity index (χ1v) is 5.99. The van der Waals surface area contributed by atoms with Gasteiger partial charge in [-0.05, 0) is 25.0 Å². The largest absolute Gasteiger partial charge is 0.493 e. The molecule has 0 spiro atoms. The van der Waals surface area contributed by atoms with Crippen molar-refractivity contribution in [3.63, 3.8) is 0 Å². The van der Waals surface area contributed by atoms with Crippen molar-refractivity contribution >= 4 is 11.8 Å². The van der Waals surface area contributed by atoms with Crippen LogP contribution in [0.4, 0.5) is 0 Å². The Morgan fingerprint density at radius 1 is 1.28 bits per heavy atom. The summed E-state index contributed by atoms with van der Waals surface area (Å²) in [6, 6.07) is 6.57. The van der Waals surface area contributed by atoms with E-state index in [4.69, 9.17) is 4.74 Å². The summed E-state index contributed by atoms with van der Waals surface area (Å²) < 4.78 is 10.2. The Morgan fingerprint density at radius 2 is 2.00 bits per heavy atom. The van der Waals surface area contributed by atoms with E-state index in [2.05, 4.69) is 4.74 Å². The fourth-order valence-electron chi connectivity index (χ4n) is 1.30. The molecule has 0 amide bonds. The average molecular weight is 250 g/mol. The molecule has 1 aromatic rings. The first kappa shape index (κ1) is 14.2. The fourth-order valence-corrected chi connectivity index (χ4v) is 1.30. The van der Waals surface area contributed by atoms with Gasteiger partial charge in [0.05, 0.1) is 13.2 Å². The summed E-state index contributed by atoms with van der Waals surface area (Å²) in [5.74, 6) is -0.501. The van der Waals surface area contributed by atoms with Crippen LogP contribution in [0.1, 0.15) is 31.1 Å². The third kappa shape index (κ3) is 4.20. The van der Waals surface area contributed by atoms with Crippen molar-refractivity contribution in [2.75, 3.05) is 13.2 Å². The van der Waals surface area contributed by atoms with E-state index in [0.29, 0.717) is 18.3 Å². The summed E-state index contributed by atoms with van der Waals surface area (Å²) in [7, 11) is 0. The Balaban J connectivity index is 2.75. The SMILES string of the molecule is CCOC(=O)C(=O)c1cccc(OCC(C)C)c1. The lowest BCUT2D eigenvalue weighted by Crippen LogP contribution is -2.17. The minimum absolute atomic E-state index is 0.189. The van der Waals surface area contributed by atoms with Crippen LogP contribution in [0.15, 0.2) is 24.3 Å². The lowest BCUT2D eigenvalue weighted by molar-refractivity contribution is -0.137. The van der Waals surface area contributed by atoms with Crippen LogP contribution in [0.2, 0.25) is 0 Å². The van der Waals surface area contributed by atoms with Crippen LogP contribution in [-0.2, 0) is 9.53 Å². The van der Waals surface area contributed by atoms with Gasteiger partial charge in [0.25, 0.3) is 5.78 Å². The topological polar surface area (TPSA) is 52.6 Å². The van der Waals surface area contributed by atoms with Crippen molar-refractivity contribution in [2.45, 2.75) is 20.8 Å². The van der Waals surface area contributed by atoms with Crippen LogP contribution in [0.3, 0.4) is 0 Å². The molecule has 0 aliphatic heterocycles. The lowest BCUT2D eigenvalue weighted by atomic mass is 10.1. The maximum absolute atomic E-state index is 11.7. The van der Waals surface area contributed by atoms with E-state index in [9.17, 15) is 9.59 Å². The fraction of sp³-hybridized carbons (Fsp3) is 0.429. The molecule has 0 saturated carbocycles. The van der Waals surface area contributed by atoms with Crippen molar-refractivity contribution < 1.29 is 19.1 Å². The number of benzene rings is 1. The number of rotatable bonds is 6. The van der Waals surface area contributed by atoms with E-state index >= 15 is 0 Å². The molecule has 0 radical (unpaired) electrons. The highest BCUT2D eigenvalue weighted by molar-refractivity contribution is 6.40. The molecule has 0 saturated heterocycles. The first-order chi connectivity index (χ1) is 8.54. The van der Waals surface area contributed by atoms with Crippen LogP contribution in [0.25, 0.3) is 0 Å². The van der Waals surface area contributed by atoms with Crippen LogP contribution < -0.4 is 4.74 Å². The summed E-state index contributed by atoms with van der Waals surface area (Å²) in [4.78, 5) is 23.0. The van der Waals surface area contributed by atoms with Crippen molar-refractivity contribution in [1.82, 2.24) is 0 Å².